The molecule has 0 aliphatic rings. The Morgan fingerprint density at radius 1 is 1.38 bits per heavy atom. The molecule has 84 valence electrons. The van der Waals surface area contributed by atoms with Crippen LogP contribution in [0.2, 0.25) is 0 Å². The average Bonchev–Trinajstić information content (AvgIpc) is 2.58. The molecule has 2 heterocycles. The van der Waals surface area contributed by atoms with Crippen LogP contribution in [-0.4, -0.2) is 26.9 Å². The van der Waals surface area contributed by atoms with Crippen LogP contribution in [-0.2, 0) is 7.05 Å². The Morgan fingerprint density at radius 3 is 2.81 bits per heavy atom. The second kappa shape index (κ2) is 4.18. The molecular formula is C10H13N5O. The largest absolute Gasteiger partial charge is 0.481 e. The van der Waals surface area contributed by atoms with Crippen LogP contribution in [0.3, 0.4) is 0 Å². The van der Waals surface area contributed by atoms with E-state index in [2.05, 4.69) is 20.4 Å². The maximum atomic E-state index is 5.02. The van der Waals surface area contributed by atoms with Gasteiger partial charge in [0.05, 0.1) is 18.5 Å². The SMILES string of the molecule is COc1cc(Nc2cn(C)nc2C)ncn1. The molecule has 2 aromatic heterocycles. The smallest absolute Gasteiger partial charge is 0.218 e. The van der Waals surface area contributed by atoms with Crippen molar-refractivity contribution in [3.8, 4) is 5.88 Å². The number of anilines is 2. The number of ether oxygens (including phenoxy) is 1. The second-order valence-corrected chi connectivity index (χ2v) is 3.37. The first-order valence-corrected chi connectivity index (χ1v) is 4.82. The first-order valence-electron chi connectivity index (χ1n) is 4.82. The summed E-state index contributed by atoms with van der Waals surface area (Å²) in [5.74, 6) is 1.21. The Kier molecular flexibility index (Phi) is 2.72. The number of nitrogens with zero attached hydrogens (tertiary/aromatic N) is 4. The van der Waals surface area contributed by atoms with Crippen molar-refractivity contribution in [2.75, 3.05) is 12.4 Å². The topological polar surface area (TPSA) is 64.9 Å². The summed E-state index contributed by atoms with van der Waals surface area (Å²) in [6, 6.07) is 1.73. The fourth-order valence-electron chi connectivity index (χ4n) is 1.38. The van der Waals surface area contributed by atoms with E-state index in [9.17, 15) is 0 Å². The number of rotatable bonds is 3. The van der Waals surface area contributed by atoms with E-state index in [4.69, 9.17) is 4.74 Å². The van der Waals surface area contributed by atoms with E-state index in [0.717, 1.165) is 11.4 Å². The van der Waals surface area contributed by atoms with Crippen LogP contribution in [0.4, 0.5) is 11.5 Å². The highest BCUT2D eigenvalue weighted by Gasteiger charge is 2.04. The van der Waals surface area contributed by atoms with Gasteiger partial charge in [0.15, 0.2) is 0 Å². The molecule has 0 fully saturated rings. The van der Waals surface area contributed by atoms with Gasteiger partial charge in [0.25, 0.3) is 0 Å². The lowest BCUT2D eigenvalue weighted by Gasteiger charge is -2.04. The third-order valence-corrected chi connectivity index (χ3v) is 2.13. The van der Waals surface area contributed by atoms with E-state index < -0.39 is 0 Å². The Bertz CT molecular complexity index is 494. The van der Waals surface area contributed by atoms with Gasteiger partial charge in [0.1, 0.15) is 12.1 Å². The highest BCUT2D eigenvalue weighted by Crippen LogP contribution is 2.19. The van der Waals surface area contributed by atoms with Gasteiger partial charge in [-0.25, -0.2) is 9.97 Å². The molecule has 2 aromatic rings. The van der Waals surface area contributed by atoms with Crippen molar-refractivity contribution < 1.29 is 4.74 Å². The third-order valence-electron chi connectivity index (χ3n) is 2.13. The highest BCUT2D eigenvalue weighted by molar-refractivity contribution is 5.57. The third kappa shape index (κ3) is 2.10. The number of hydrogen-bond donors (Lipinski definition) is 1. The van der Waals surface area contributed by atoms with Crippen molar-refractivity contribution in [3.05, 3.63) is 24.3 Å². The lowest BCUT2D eigenvalue weighted by atomic mass is 10.4. The van der Waals surface area contributed by atoms with Crippen molar-refractivity contribution in [1.29, 1.82) is 0 Å². The van der Waals surface area contributed by atoms with Crippen molar-refractivity contribution in [2.24, 2.45) is 7.05 Å². The molecule has 0 aromatic carbocycles. The van der Waals surface area contributed by atoms with Gasteiger partial charge >= 0.3 is 0 Å². The highest BCUT2D eigenvalue weighted by atomic mass is 16.5. The van der Waals surface area contributed by atoms with Crippen LogP contribution in [0.15, 0.2) is 18.6 Å². The Morgan fingerprint density at radius 2 is 2.19 bits per heavy atom. The summed E-state index contributed by atoms with van der Waals surface area (Å²) in [5, 5.41) is 7.38. The quantitative estimate of drug-likeness (QED) is 0.842. The lowest BCUT2D eigenvalue weighted by Crippen LogP contribution is -1.96. The fraction of sp³-hybridized carbons (Fsp3) is 0.300. The molecule has 0 radical (unpaired) electrons. The van der Waals surface area contributed by atoms with Crippen molar-refractivity contribution in [2.45, 2.75) is 6.92 Å². The Balaban J connectivity index is 2.23. The maximum Gasteiger partial charge on any atom is 0.218 e. The van der Waals surface area contributed by atoms with Crippen molar-refractivity contribution >= 4 is 11.5 Å². The molecule has 0 saturated carbocycles. The van der Waals surface area contributed by atoms with Gasteiger partial charge in [-0.15, -0.1) is 0 Å². The molecule has 0 aliphatic carbocycles. The molecular weight excluding hydrogens is 206 g/mol. The monoisotopic (exact) mass is 219 g/mol. The minimum Gasteiger partial charge on any atom is -0.481 e. The maximum absolute atomic E-state index is 5.02. The van der Waals surface area contributed by atoms with Gasteiger partial charge < -0.3 is 10.1 Å². The summed E-state index contributed by atoms with van der Waals surface area (Å²) >= 11 is 0. The molecule has 0 atom stereocenters. The normalized spacial score (nSPS) is 10.2. The standard InChI is InChI=1S/C10H13N5O/c1-7-8(5-15(2)14-7)13-9-4-10(16-3)12-6-11-9/h4-6H,1-3H3,(H,11,12,13). The zero-order chi connectivity index (χ0) is 11.5. The summed E-state index contributed by atoms with van der Waals surface area (Å²) < 4.78 is 6.76. The molecule has 0 aliphatic heterocycles. The summed E-state index contributed by atoms with van der Waals surface area (Å²) in [6.07, 6.45) is 3.34. The van der Waals surface area contributed by atoms with E-state index in [1.807, 2.05) is 20.2 Å². The minimum absolute atomic E-state index is 0.527. The molecule has 0 spiro atoms. The van der Waals surface area contributed by atoms with Gasteiger partial charge in [-0.3, -0.25) is 4.68 Å². The molecule has 2 rings (SSSR count). The second-order valence-electron chi connectivity index (χ2n) is 3.37. The first kappa shape index (κ1) is 10.4. The van der Waals surface area contributed by atoms with Gasteiger partial charge in [-0.2, -0.15) is 5.10 Å². The number of aromatic nitrogens is 4. The molecule has 6 nitrogen and oxygen atoms in total. The molecule has 1 N–H and O–H groups in total. The van der Waals surface area contributed by atoms with Gasteiger partial charge in [0.2, 0.25) is 5.88 Å². The van der Waals surface area contributed by atoms with Crippen LogP contribution < -0.4 is 10.1 Å². The number of aryl methyl sites for hydroxylation is 2. The number of nitrogens with one attached hydrogen (secondary N) is 1. The molecule has 0 amide bonds. The average molecular weight is 219 g/mol. The van der Waals surface area contributed by atoms with Crippen LogP contribution in [0.1, 0.15) is 5.69 Å². The van der Waals surface area contributed by atoms with E-state index in [-0.39, 0.29) is 0 Å². The molecule has 6 heteroatoms. The predicted octanol–water partition coefficient (Wildman–Crippen LogP) is 1.27. The van der Waals surface area contributed by atoms with E-state index in [1.165, 1.54) is 6.33 Å². The first-order chi connectivity index (χ1) is 7.69. The number of hydrogen-bond acceptors (Lipinski definition) is 5. The molecule has 0 saturated heterocycles. The van der Waals surface area contributed by atoms with Gasteiger partial charge in [0, 0.05) is 19.3 Å². The Hall–Kier alpha value is -2.11. The Labute approximate surface area is 93.3 Å². The van der Waals surface area contributed by atoms with Crippen LogP contribution >= 0.6 is 0 Å². The van der Waals surface area contributed by atoms with E-state index >= 15 is 0 Å². The van der Waals surface area contributed by atoms with Crippen LogP contribution in [0, 0.1) is 6.92 Å². The zero-order valence-corrected chi connectivity index (χ0v) is 9.43. The van der Waals surface area contributed by atoms with Gasteiger partial charge in [-0.05, 0) is 6.92 Å². The summed E-state index contributed by atoms with van der Waals surface area (Å²) in [7, 11) is 3.44. The van der Waals surface area contributed by atoms with E-state index in [1.54, 1.807) is 17.9 Å². The fourth-order valence-corrected chi connectivity index (χ4v) is 1.38. The number of methoxy groups -OCH3 is 1. The van der Waals surface area contributed by atoms with Crippen LogP contribution in [0.5, 0.6) is 5.88 Å². The zero-order valence-electron chi connectivity index (χ0n) is 9.43. The van der Waals surface area contributed by atoms with E-state index in [0.29, 0.717) is 11.7 Å². The minimum atomic E-state index is 0.527. The summed E-state index contributed by atoms with van der Waals surface area (Å²) in [5.41, 5.74) is 1.84. The van der Waals surface area contributed by atoms with Gasteiger partial charge in [-0.1, -0.05) is 0 Å². The molecule has 0 bridgehead atoms. The molecule has 0 unspecified atom stereocenters. The predicted molar refractivity (Wildman–Crippen MR) is 59.8 cm³/mol. The summed E-state index contributed by atoms with van der Waals surface area (Å²) in [6.45, 7) is 1.93. The lowest BCUT2D eigenvalue weighted by molar-refractivity contribution is 0.397. The summed E-state index contributed by atoms with van der Waals surface area (Å²) in [4.78, 5) is 8.03. The van der Waals surface area contributed by atoms with Crippen molar-refractivity contribution in [1.82, 2.24) is 19.7 Å². The molecule has 16 heavy (non-hydrogen) atoms. The van der Waals surface area contributed by atoms with Crippen LogP contribution in [0.25, 0.3) is 0 Å². The van der Waals surface area contributed by atoms with Crippen molar-refractivity contribution in [3.63, 3.8) is 0 Å².